The van der Waals surface area contributed by atoms with E-state index in [1.54, 1.807) is 6.07 Å². The van der Waals surface area contributed by atoms with Crippen LogP contribution in [0.1, 0.15) is 31.2 Å². The molecule has 47 heavy (non-hydrogen) atoms. The van der Waals surface area contributed by atoms with E-state index in [9.17, 15) is 60.0 Å². The lowest BCUT2D eigenvalue weighted by atomic mass is 9.99. The Morgan fingerprint density at radius 1 is 0.596 bits per heavy atom. The van der Waals surface area contributed by atoms with Crippen LogP contribution < -0.4 is 15.2 Å². The molecule has 0 radical (unpaired) electrons. The highest BCUT2D eigenvalue weighted by Gasteiger charge is 2.44. The van der Waals surface area contributed by atoms with E-state index in [-0.39, 0.29) is 18.0 Å². The molecule has 10 N–H and O–H groups in total. The summed E-state index contributed by atoms with van der Waals surface area (Å²) in [6.45, 7) is -0.954. The third kappa shape index (κ3) is 10.8. The lowest BCUT2D eigenvalue weighted by molar-refractivity contribution is -0.287. The maximum Gasteiger partial charge on any atom is 0.311 e. The van der Waals surface area contributed by atoms with Crippen LogP contribution in [-0.2, 0) is 44.5 Å². The predicted molar refractivity (Wildman–Crippen MR) is 149 cm³/mol. The summed E-state index contributed by atoms with van der Waals surface area (Å²) in [7, 11) is 0. The molecule has 0 spiro atoms. The highest BCUT2D eigenvalue weighted by molar-refractivity contribution is 5.81. The summed E-state index contributed by atoms with van der Waals surface area (Å²) in [4.78, 5) is 49.2. The molecule has 19 heteroatoms. The first-order valence-corrected chi connectivity index (χ1v) is 14.5. The second kappa shape index (κ2) is 17.7. The predicted octanol–water partition coefficient (Wildman–Crippen LogP) is -4.75. The van der Waals surface area contributed by atoms with Gasteiger partial charge in [-0.3, -0.25) is 19.2 Å². The molecule has 0 bridgehead atoms. The zero-order valence-corrected chi connectivity index (χ0v) is 24.9. The van der Waals surface area contributed by atoms with Crippen molar-refractivity contribution in [1.29, 1.82) is 0 Å². The van der Waals surface area contributed by atoms with Crippen LogP contribution in [0.15, 0.2) is 18.2 Å². The van der Waals surface area contributed by atoms with Gasteiger partial charge in [0.2, 0.25) is 0 Å². The summed E-state index contributed by atoms with van der Waals surface area (Å²) < 4.78 is 30.2. The Kier molecular flexibility index (Phi) is 14.4. The van der Waals surface area contributed by atoms with E-state index in [0.29, 0.717) is 12.0 Å². The minimum atomic E-state index is -1.82. The van der Waals surface area contributed by atoms with Crippen LogP contribution in [0.3, 0.4) is 0 Å². The second-order valence-corrected chi connectivity index (χ2v) is 10.7. The van der Waals surface area contributed by atoms with Crippen molar-refractivity contribution in [3.63, 3.8) is 0 Å². The Labute approximate surface area is 266 Å². The third-order valence-electron chi connectivity index (χ3n) is 7.15. The van der Waals surface area contributed by atoms with Gasteiger partial charge in [0.05, 0.1) is 25.7 Å². The lowest BCUT2D eigenvalue weighted by Gasteiger charge is -2.37. The zero-order chi connectivity index (χ0) is 34.8. The van der Waals surface area contributed by atoms with Gasteiger partial charge in [0, 0.05) is 0 Å². The molecule has 264 valence electrons. The number of carbonyl (C=O) groups excluding carboxylic acids is 4. The standard InChI is InChI=1S/C28H39NO18/c29-8-7-12-1-2-13(44-19(32)5-3-17(30)42-10-15-21(34)23(36)25(38)27(40)46-15)14(9-12)45-20(33)6-4-18(31)43-11-16-22(35)24(37)26(39)28(41)47-16/h1-2,9,15-16,21-28,34-41H,3-8,10-11,29H2/t15-,16-,21-,22-,23+,24+,25-,26-,27?,28?/m1/s1. The van der Waals surface area contributed by atoms with Gasteiger partial charge in [-0.1, -0.05) is 6.07 Å². The summed E-state index contributed by atoms with van der Waals surface area (Å²) in [5, 5.41) is 77.4. The van der Waals surface area contributed by atoms with Crippen LogP contribution in [0.2, 0.25) is 0 Å². The molecule has 0 amide bonds. The summed E-state index contributed by atoms with van der Waals surface area (Å²) >= 11 is 0. The van der Waals surface area contributed by atoms with Gasteiger partial charge in [-0.15, -0.1) is 0 Å². The number of benzene rings is 1. The van der Waals surface area contributed by atoms with Gasteiger partial charge < -0.3 is 75.0 Å². The number of hydrogen-bond acceptors (Lipinski definition) is 19. The number of aliphatic hydroxyl groups excluding tert-OH is 8. The third-order valence-corrected chi connectivity index (χ3v) is 7.15. The van der Waals surface area contributed by atoms with Crippen LogP contribution in [0.5, 0.6) is 11.5 Å². The van der Waals surface area contributed by atoms with Crippen molar-refractivity contribution in [1.82, 2.24) is 0 Å². The Balaban J connectivity index is 1.47. The molecule has 0 aliphatic carbocycles. The summed E-state index contributed by atoms with van der Waals surface area (Å²) in [5.41, 5.74) is 6.20. The Morgan fingerprint density at radius 2 is 1.02 bits per heavy atom. The van der Waals surface area contributed by atoms with Crippen molar-refractivity contribution >= 4 is 23.9 Å². The van der Waals surface area contributed by atoms with Crippen LogP contribution in [0.25, 0.3) is 0 Å². The molecule has 2 saturated heterocycles. The molecule has 2 aliphatic rings. The molecule has 19 nitrogen and oxygen atoms in total. The molecule has 0 aromatic heterocycles. The van der Waals surface area contributed by atoms with E-state index in [2.05, 4.69) is 0 Å². The van der Waals surface area contributed by atoms with Gasteiger partial charge >= 0.3 is 23.9 Å². The van der Waals surface area contributed by atoms with E-state index >= 15 is 0 Å². The molecule has 2 aliphatic heterocycles. The number of esters is 4. The van der Waals surface area contributed by atoms with Crippen LogP contribution in [0.4, 0.5) is 0 Å². The molecular formula is C28H39NO18. The first kappa shape index (κ1) is 38.1. The Morgan fingerprint density at radius 3 is 1.47 bits per heavy atom. The minimum Gasteiger partial charge on any atom is -0.463 e. The topological polar surface area (TPSA) is 312 Å². The van der Waals surface area contributed by atoms with Crippen molar-refractivity contribution in [2.75, 3.05) is 19.8 Å². The quantitative estimate of drug-likeness (QED) is 0.0659. The molecule has 1 aromatic carbocycles. The molecule has 2 unspecified atom stereocenters. The Hall–Kier alpha value is -3.34. The van der Waals surface area contributed by atoms with Crippen molar-refractivity contribution in [2.45, 2.75) is 93.5 Å². The van der Waals surface area contributed by atoms with E-state index in [0.717, 1.165) is 0 Å². The average Bonchev–Trinajstić information content (AvgIpc) is 3.04. The van der Waals surface area contributed by atoms with E-state index in [1.165, 1.54) is 12.1 Å². The maximum absolute atomic E-state index is 12.5. The normalized spacial score (nSPS) is 30.7. The lowest BCUT2D eigenvalue weighted by Crippen LogP contribution is -2.58. The van der Waals surface area contributed by atoms with Crippen molar-refractivity contribution in [3.8, 4) is 11.5 Å². The molecule has 1 aromatic rings. The molecule has 0 saturated carbocycles. The number of nitrogens with two attached hydrogens (primary N) is 1. The summed E-state index contributed by atoms with van der Waals surface area (Å²) in [6, 6.07) is 4.28. The fourth-order valence-corrected chi connectivity index (χ4v) is 4.43. The van der Waals surface area contributed by atoms with E-state index in [4.69, 9.17) is 34.2 Å². The molecule has 2 fully saturated rings. The number of rotatable bonds is 14. The fraction of sp³-hybridized carbons (Fsp3) is 0.643. The monoisotopic (exact) mass is 677 g/mol. The van der Waals surface area contributed by atoms with Gasteiger partial charge in [0.1, 0.15) is 62.0 Å². The van der Waals surface area contributed by atoms with Gasteiger partial charge in [0.15, 0.2) is 24.1 Å². The summed E-state index contributed by atoms with van der Waals surface area (Å²) in [6.07, 6.45) is -18.3. The number of carbonyl (C=O) groups is 4. The van der Waals surface area contributed by atoms with Crippen molar-refractivity contribution < 1.29 is 88.5 Å². The Bertz CT molecular complexity index is 1230. The maximum atomic E-state index is 12.5. The highest BCUT2D eigenvalue weighted by atomic mass is 16.7. The van der Waals surface area contributed by atoms with Crippen LogP contribution >= 0.6 is 0 Å². The first-order valence-electron chi connectivity index (χ1n) is 14.5. The highest BCUT2D eigenvalue weighted by Crippen LogP contribution is 2.30. The van der Waals surface area contributed by atoms with Gasteiger partial charge in [-0.25, -0.2) is 0 Å². The van der Waals surface area contributed by atoms with E-state index < -0.39 is 124 Å². The fourth-order valence-electron chi connectivity index (χ4n) is 4.43. The second-order valence-electron chi connectivity index (χ2n) is 10.7. The number of hydrogen-bond donors (Lipinski definition) is 9. The first-order chi connectivity index (χ1) is 22.2. The number of aliphatic hydroxyl groups is 8. The van der Waals surface area contributed by atoms with Crippen LogP contribution in [0, 0.1) is 0 Å². The largest absolute Gasteiger partial charge is 0.463 e. The van der Waals surface area contributed by atoms with Gasteiger partial charge in [-0.2, -0.15) is 0 Å². The van der Waals surface area contributed by atoms with Crippen molar-refractivity contribution in [3.05, 3.63) is 23.8 Å². The van der Waals surface area contributed by atoms with Gasteiger partial charge in [-0.05, 0) is 30.7 Å². The summed E-state index contributed by atoms with van der Waals surface area (Å²) in [5.74, 6) is -4.06. The number of ether oxygens (including phenoxy) is 6. The van der Waals surface area contributed by atoms with Gasteiger partial charge in [0.25, 0.3) is 0 Å². The molecule has 3 rings (SSSR count). The van der Waals surface area contributed by atoms with Crippen LogP contribution in [-0.4, -0.2) is 146 Å². The molecule has 2 heterocycles. The molecular weight excluding hydrogens is 638 g/mol. The van der Waals surface area contributed by atoms with E-state index in [1.807, 2.05) is 0 Å². The molecule has 10 atom stereocenters. The average molecular weight is 678 g/mol. The SMILES string of the molecule is NCCc1ccc(OC(=O)CCC(=O)OC[C@H]2OC(O)[C@H](O)[C@@H](O)[C@@H]2O)c(OC(=O)CCC(=O)OC[C@H]2OC(O)[C@H](O)[C@@H](O)[C@@H]2O)c1. The smallest absolute Gasteiger partial charge is 0.311 e. The minimum absolute atomic E-state index is 0.187. The van der Waals surface area contributed by atoms with Crippen molar-refractivity contribution in [2.24, 2.45) is 5.73 Å². The zero-order valence-electron chi connectivity index (χ0n) is 24.9.